The molecule has 1 fully saturated rings. The number of rotatable bonds is 1. The Hall–Kier alpha value is -2.37. The standard InChI is InChI=1S/C13H13N3O3/c14-9-3-1-2-7-8(9)6-16(13(7)19)10-4-5-11(17)15-12(10)18/h1-3,10H,4-6,14H2,(H,15,17,18)/t10-/m1/s1/i4D2,5D2,10D. The van der Waals surface area contributed by atoms with Gasteiger partial charge in [-0.25, -0.2) is 0 Å². The van der Waals surface area contributed by atoms with Crippen molar-refractivity contribution in [2.24, 2.45) is 0 Å². The number of carbonyl (C=O) groups excluding carboxylic acids is 3. The van der Waals surface area contributed by atoms with Crippen LogP contribution in [0.4, 0.5) is 5.69 Å². The zero-order valence-electron chi connectivity index (χ0n) is 14.7. The van der Waals surface area contributed by atoms with E-state index in [1.807, 2.05) is 0 Å². The second kappa shape index (κ2) is 4.08. The van der Waals surface area contributed by atoms with Crippen LogP contribution in [0.15, 0.2) is 18.2 Å². The summed E-state index contributed by atoms with van der Waals surface area (Å²) in [5.41, 5.74) is 6.47. The van der Waals surface area contributed by atoms with Crippen LogP contribution in [-0.4, -0.2) is 28.6 Å². The summed E-state index contributed by atoms with van der Waals surface area (Å²) < 4.78 is 39.6. The van der Waals surface area contributed by atoms with Crippen LogP contribution in [0.5, 0.6) is 0 Å². The predicted octanol–water partition coefficient (Wildman–Crippen LogP) is 0.0298. The smallest absolute Gasteiger partial charge is 0.255 e. The van der Waals surface area contributed by atoms with E-state index in [-0.39, 0.29) is 17.8 Å². The second-order valence-electron chi connectivity index (χ2n) is 4.15. The van der Waals surface area contributed by atoms with E-state index < -0.39 is 36.5 Å². The number of fused-ring (bicyclic) bond motifs is 1. The molecule has 6 heteroatoms. The lowest BCUT2D eigenvalue weighted by atomic mass is 10.0. The SMILES string of the molecule is [2H]C1([2H])C(=O)NC(=O)[C@]([2H])(N2Cc3c(N)cccc3C2=O)C1([2H])[2H]. The molecular weight excluding hydrogens is 246 g/mol. The molecular formula is C13H13N3O3. The van der Waals surface area contributed by atoms with Gasteiger partial charge in [-0.15, -0.1) is 0 Å². The fraction of sp³-hybridized carbons (Fsp3) is 0.308. The van der Waals surface area contributed by atoms with E-state index in [0.717, 1.165) is 0 Å². The molecule has 98 valence electrons. The fourth-order valence-corrected chi connectivity index (χ4v) is 2.09. The summed E-state index contributed by atoms with van der Waals surface area (Å²) >= 11 is 0. The number of benzene rings is 1. The van der Waals surface area contributed by atoms with Crippen molar-refractivity contribution in [1.82, 2.24) is 10.2 Å². The van der Waals surface area contributed by atoms with Gasteiger partial charge in [0.2, 0.25) is 11.8 Å². The summed E-state index contributed by atoms with van der Waals surface area (Å²) in [5.74, 6) is -3.70. The maximum atomic E-state index is 12.6. The first-order valence-corrected chi connectivity index (χ1v) is 5.51. The number of nitrogens with zero attached hydrogens (tertiary/aromatic N) is 1. The van der Waals surface area contributed by atoms with Crippen molar-refractivity contribution in [3.05, 3.63) is 29.3 Å². The summed E-state index contributed by atoms with van der Waals surface area (Å²) in [4.78, 5) is 37.1. The lowest BCUT2D eigenvalue weighted by molar-refractivity contribution is -0.136. The average Bonchev–Trinajstić information content (AvgIpc) is 2.84. The van der Waals surface area contributed by atoms with Crippen LogP contribution in [0, 0.1) is 0 Å². The highest BCUT2D eigenvalue weighted by Gasteiger charge is 2.39. The molecule has 1 atom stereocenters. The molecule has 1 aromatic carbocycles. The van der Waals surface area contributed by atoms with Crippen LogP contribution in [0.2, 0.25) is 0 Å². The predicted molar refractivity (Wildman–Crippen MR) is 66.9 cm³/mol. The van der Waals surface area contributed by atoms with E-state index >= 15 is 0 Å². The Kier molecular flexibility index (Phi) is 1.56. The number of anilines is 1. The van der Waals surface area contributed by atoms with Crippen LogP contribution in [0.1, 0.15) is 35.5 Å². The van der Waals surface area contributed by atoms with E-state index in [1.54, 1.807) is 5.32 Å². The molecule has 0 saturated carbocycles. The third kappa shape index (κ3) is 1.76. The molecule has 0 radical (unpaired) electrons. The van der Waals surface area contributed by atoms with Crippen molar-refractivity contribution in [3.8, 4) is 0 Å². The zero-order valence-corrected chi connectivity index (χ0v) is 9.69. The Morgan fingerprint density at radius 1 is 1.42 bits per heavy atom. The van der Waals surface area contributed by atoms with Gasteiger partial charge in [-0.05, 0) is 18.5 Å². The van der Waals surface area contributed by atoms with Crippen LogP contribution in [0.3, 0.4) is 0 Å². The minimum absolute atomic E-state index is 0.114. The number of amides is 3. The molecule has 19 heavy (non-hydrogen) atoms. The topological polar surface area (TPSA) is 92.5 Å². The van der Waals surface area contributed by atoms with Gasteiger partial charge in [0.25, 0.3) is 5.91 Å². The molecule has 0 spiro atoms. The molecule has 6 nitrogen and oxygen atoms in total. The molecule has 0 aliphatic carbocycles. The Morgan fingerprint density at radius 2 is 2.21 bits per heavy atom. The molecule has 0 bridgehead atoms. The molecule has 1 aromatic rings. The molecule has 2 aliphatic heterocycles. The van der Waals surface area contributed by atoms with Gasteiger partial charge in [-0.3, -0.25) is 19.7 Å². The maximum absolute atomic E-state index is 12.6. The number of imide groups is 1. The monoisotopic (exact) mass is 264 g/mol. The third-order valence-corrected chi connectivity index (χ3v) is 3.01. The van der Waals surface area contributed by atoms with E-state index in [1.165, 1.54) is 18.2 Å². The highest BCUT2D eigenvalue weighted by Crippen LogP contribution is 2.30. The van der Waals surface area contributed by atoms with Gasteiger partial charge >= 0.3 is 0 Å². The zero-order chi connectivity index (χ0) is 18.1. The number of carbonyl (C=O) groups is 3. The summed E-state index contributed by atoms with van der Waals surface area (Å²) in [6, 6.07) is 1.48. The second-order valence-corrected chi connectivity index (χ2v) is 4.15. The Bertz CT molecular complexity index is 797. The molecule has 3 rings (SSSR count). The quantitative estimate of drug-likeness (QED) is 0.553. The van der Waals surface area contributed by atoms with Crippen LogP contribution in [-0.2, 0) is 16.1 Å². The van der Waals surface area contributed by atoms with Crippen LogP contribution >= 0.6 is 0 Å². The molecule has 0 aromatic heterocycles. The molecule has 3 N–H and O–H groups in total. The van der Waals surface area contributed by atoms with Gasteiger partial charge in [0.15, 0.2) is 0 Å². The van der Waals surface area contributed by atoms with Gasteiger partial charge in [0, 0.05) is 35.2 Å². The van der Waals surface area contributed by atoms with Gasteiger partial charge in [-0.1, -0.05) is 6.07 Å². The normalized spacial score (nSPS) is 35.5. The summed E-state index contributed by atoms with van der Waals surface area (Å²) in [6.07, 6.45) is -6.45. The first-order chi connectivity index (χ1) is 11.0. The Morgan fingerprint density at radius 3 is 2.95 bits per heavy atom. The average molecular weight is 264 g/mol. The number of piperidine rings is 1. The van der Waals surface area contributed by atoms with Crippen molar-refractivity contribution in [3.63, 3.8) is 0 Å². The van der Waals surface area contributed by atoms with Crippen LogP contribution < -0.4 is 11.1 Å². The largest absolute Gasteiger partial charge is 0.398 e. The number of hydrogen-bond donors (Lipinski definition) is 2. The number of nitrogen functional groups attached to an aromatic ring is 1. The van der Waals surface area contributed by atoms with E-state index in [9.17, 15) is 14.4 Å². The molecule has 1 saturated heterocycles. The van der Waals surface area contributed by atoms with Gasteiger partial charge in [0.1, 0.15) is 6.02 Å². The summed E-state index contributed by atoms with van der Waals surface area (Å²) in [5, 5.41) is 1.65. The third-order valence-electron chi connectivity index (χ3n) is 3.01. The van der Waals surface area contributed by atoms with Crippen molar-refractivity contribution in [1.29, 1.82) is 0 Å². The highest BCUT2D eigenvalue weighted by atomic mass is 16.2. The highest BCUT2D eigenvalue weighted by molar-refractivity contribution is 6.06. The number of nitrogens with two attached hydrogens (primary N) is 1. The first-order valence-electron chi connectivity index (χ1n) is 8.01. The van der Waals surface area contributed by atoms with Gasteiger partial charge < -0.3 is 10.6 Å². The van der Waals surface area contributed by atoms with E-state index in [0.29, 0.717) is 10.5 Å². The molecule has 3 amide bonds. The van der Waals surface area contributed by atoms with Crippen molar-refractivity contribution in [2.45, 2.75) is 25.3 Å². The van der Waals surface area contributed by atoms with Crippen molar-refractivity contribution >= 4 is 23.4 Å². The first kappa shape index (κ1) is 7.28. The molecule has 2 heterocycles. The Balaban J connectivity index is 2.15. The Labute approximate surface area is 116 Å². The van der Waals surface area contributed by atoms with Crippen molar-refractivity contribution < 1.29 is 21.2 Å². The maximum Gasteiger partial charge on any atom is 0.255 e. The molecule has 2 aliphatic rings. The minimum atomic E-state index is -3.27. The van der Waals surface area contributed by atoms with Gasteiger partial charge in [0.05, 0.1) is 1.37 Å². The van der Waals surface area contributed by atoms with E-state index in [4.69, 9.17) is 12.6 Å². The molecule has 0 unspecified atom stereocenters. The number of hydrogen-bond acceptors (Lipinski definition) is 4. The minimum Gasteiger partial charge on any atom is -0.398 e. The lowest BCUT2D eigenvalue weighted by Crippen LogP contribution is -2.52. The van der Waals surface area contributed by atoms with E-state index in [2.05, 4.69) is 0 Å². The van der Waals surface area contributed by atoms with Crippen LogP contribution in [0.25, 0.3) is 0 Å². The fourth-order valence-electron chi connectivity index (χ4n) is 2.09. The number of nitrogens with one attached hydrogen (secondary N) is 1. The summed E-state index contributed by atoms with van der Waals surface area (Å²) in [7, 11) is 0. The van der Waals surface area contributed by atoms with Gasteiger partial charge in [-0.2, -0.15) is 0 Å². The lowest BCUT2D eigenvalue weighted by Gasteiger charge is -2.29. The summed E-state index contributed by atoms with van der Waals surface area (Å²) in [6.45, 7) is -0.332. The van der Waals surface area contributed by atoms with Crippen molar-refractivity contribution in [2.75, 3.05) is 5.73 Å².